The third-order valence-corrected chi connectivity index (χ3v) is 7.12. The van der Waals surface area contributed by atoms with Crippen LogP contribution in [0.25, 0.3) is 11.4 Å². The normalized spacial score (nSPS) is 14.2. The summed E-state index contributed by atoms with van der Waals surface area (Å²) in [6.07, 6.45) is -0.312. The monoisotopic (exact) mass is 604 g/mol. The van der Waals surface area contributed by atoms with Crippen LogP contribution in [0.1, 0.15) is 27.0 Å². The van der Waals surface area contributed by atoms with Gasteiger partial charge in [-0.25, -0.2) is 4.98 Å². The lowest BCUT2D eigenvalue weighted by atomic mass is 10.1. The van der Waals surface area contributed by atoms with Crippen LogP contribution < -0.4 is 15.4 Å². The van der Waals surface area contributed by atoms with E-state index in [1.165, 1.54) is 12.1 Å². The molecular formula is C31H31F3N8O2. The second-order valence-electron chi connectivity index (χ2n) is 10.3. The quantitative estimate of drug-likeness (QED) is 0.218. The van der Waals surface area contributed by atoms with E-state index in [9.17, 15) is 18.0 Å². The maximum atomic E-state index is 13.8. The van der Waals surface area contributed by atoms with Crippen molar-refractivity contribution in [3.63, 3.8) is 0 Å². The maximum absolute atomic E-state index is 13.8. The summed E-state index contributed by atoms with van der Waals surface area (Å²) >= 11 is 0. The molecule has 1 fully saturated rings. The number of halogens is 3. The minimum atomic E-state index is -4.57. The summed E-state index contributed by atoms with van der Waals surface area (Å²) < 4.78 is 47.3. The lowest BCUT2D eigenvalue weighted by Crippen LogP contribution is -2.43. The minimum Gasteiger partial charge on any atom is -0.438 e. The third-order valence-electron chi connectivity index (χ3n) is 7.12. The highest BCUT2D eigenvalue weighted by Gasteiger charge is 2.31. The van der Waals surface area contributed by atoms with Crippen molar-refractivity contribution in [3.05, 3.63) is 89.2 Å². The standard InChI is InChI=1S/C31H31F3N8O2/c1-36-28-26(18-35)30(40-27(39-28)21-6-8-37-9-7-21)44-25-5-3-4-22(16-25)29(43)38-24-15-20(14-23(17-24)31(32,33)34)19-42-12-10-41(2)11-13-42/h3-9,14-18,35H,10-13,19H2,1-2H3,(H,38,43)(H,36,39,40). The molecule has 1 saturated heterocycles. The van der Waals surface area contributed by atoms with Crippen molar-refractivity contribution in [2.24, 2.45) is 0 Å². The van der Waals surface area contributed by atoms with Gasteiger partial charge in [-0.3, -0.25) is 14.7 Å². The zero-order chi connectivity index (χ0) is 31.3. The molecule has 228 valence electrons. The Morgan fingerprint density at radius 2 is 1.80 bits per heavy atom. The molecule has 1 aliphatic rings. The zero-order valence-corrected chi connectivity index (χ0v) is 24.2. The number of nitrogens with one attached hydrogen (secondary N) is 3. The first-order valence-electron chi connectivity index (χ1n) is 13.8. The molecule has 0 unspecified atom stereocenters. The number of amides is 1. The number of carbonyl (C=O) groups is 1. The van der Waals surface area contributed by atoms with Gasteiger partial charge in [-0.15, -0.1) is 0 Å². The van der Waals surface area contributed by atoms with Crippen molar-refractivity contribution in [2.75, 3.05) is 50.9 Å². The Labute approximate surface area is 252 Å². The summed E-state index contributed by atoms with van der Waals surface area (Å²) in [6, 6.07) is 13.3. The highest BCUT2D eigenvalue weighted by Crippen LogP contribution is 2.33. The van der Waals surface area contributed by atoms with E-state index < -0.39 is 17.6 Å². The number of piperazine rings is 1. The maximum Gasteiger partial charge on any atom is 0.416 e. The summed E-state index contributed by atoms with van der Waals surface area (Å²) in [7, 11) is 3.67. The highest BCUT2D eigenvalue weighted by atomic mass is 19.4. The van der Waals surface area contributed by atoms with Crippen LogP contribution in [0.3, 0.4) is 0 Å². The number of hydrogen-bond donors (Lipinski definition) is 3. The molecule has 0 bridgehead atoms. The van der Waals surface area contributed by atoms with E-state index >= 15 is 0 Å². The van der Waals surface area contributed by atoms with Crippen molar-refractivity contribution < 1.29 is 22.7 Å². The SMILES string of the molecule is CNc1nc(-c2ccncc2)nc(Oc2cccc(C(=O)Nc3cc(CN4CCN(C)CC4)cc(C(F)(F)F)c3)c2)c1C=N. The number of hydrogen-bond acceptors (Lipinski definition) is 9. The number of ether oxygens (including phenoxy) is 1. The van der Waals surface area contributed by atoms with Crippen molar-refractivity contribution in [2.45, 2.75) is 12.7 Å². The number of benzene rings is 2. The lowest BCUT2D eigenvalue weighted by Gasteiger charge is -2.32. The smallest absolute Gasteiger partial charge is 0.416 e. The van der Waals surface area contributed by atoms with Crippen LogP contribution in [0.4, 0.5) is 24.7 Å². The molecule has 1 aliphatic heterocycles. The third kappa shape index (κ3) is 7.36. The second kappa shape index (κ2) is 13.2. The van der Waals surface area contributed by atoms with Crippen molar-refractivity contribution in [1.29, 1.82) is 5.41 Å². The number of pyridine rings is 1. The molecule has 0 atom stereocenters. The summed E-state index contributed by atoms with van der Waals surface area (Å²) in [5, 5.41) is 13.4. The Hall–Kier alpha value is -4.88. The average Bonchev–Trinajstić information content (AvgIpc) is 3.02. The predicted octanol–water partition coefficient (Wildman–Crippen LogP) is 5.39. The fourth-order valence-corrected chi connectivity index (χ4v) is 4.78. The van der Waals surface area contributed by atoms with Gasteiger partial charge in [-0.2, -0.15) is 18.2 Å². The Morgan fingerprint density at radius 1 is 1.05 bits per heavy atom. The van der Waals surface area contributed by atoms with Gasteiger partial charge in [0, 0.05) is 75.2 Å². The van der Waals surface area contributed by atoms with E-state index in [1.54, 1.807) is 49.8 Å². The average molecular weight is 605 g/mol. The van der Waals surface area contributed by atoms with Gasteiger partial charge in [0.2, 0.25) is 5.88 Å². The van der Waals surface area contributed by atoms with Gasteiger partial charge in [-0.05, 0) is 61.1 Å². The molecule has 2 aromatic carbocycles. The number of rotatable bonds is 9. The molecule has 44 heavy (non-hydrogen) atoms. The molecular weight excluding hydrogens is 573 g/mol. The molecule has 0 saturated carbocycles. The molecule has 4 aromatic rings. The summed E-state index contributed by atoms with van der Waals surface area (Å²) in [5.74, 6) is 0.409. The fraction of sp³-hybridized carbons (Fsp3) is 0.258. The van der Waals surface area contributed by atoms with Crippen LogP contribution in [0.15, 0.2) is 67.0 Å². The lowest BCUT2D eigenvalue weighted by molar-refractivity contribution is -0.137. The van der Waals surface area contributed by atoms with Crippen LogP contribution >= 0.6 is 0 Å². The van der Waals surface area contributed by atoms with Gasteiger partial charge in [0.05, 0.1) is 11.1 Å². The Kier molecular flexibility index (Phi) is 9.16. The molecule has 3 heterocycles. The Morgan fingerprint density at radius 3 is 2.48 bits per heavy atom. The minimum absolute atomic E-state index is 0.0443. The largest absolute Gasteiger partial charge is 0.438 e. The van der Waals surface area contributed by atoms with Crippen LogP contribution in [0.2, 0.25) is 0 Å². The van der Waals surface area contributed by atoms with E-state index in [1.807, 2.05) is 7.05 Å². The van der Waals surface area contributed by atoms with Gasteiger partial charge in [0.25, 0.3) is 5.91 Å². The van der Waals surface area contributed by atoms with E-state index in [4.69, 9.17) is 10.1 Å². The van der Waals surface area contributed by atoms with E-state index in [2.05, 4.69) is 35.4 Å². The van der Waals surface area contributed by atoms with Crippen LogP contribution in [-0.4, -0.2) is 77.1 Å². The predicted molar refractivity (Wildman–Crippen MR) is 161 cm³/mol. The molecule has 1 amide bonds. The van der Waals surface area contributed by atoms with Gasteiger partial charge < -0.3 is 25.7 Å². The van der Waals surface area contributed by atoms with E-state index in [0.29, 0.717) is 29.3 Å². The number of alkyl halides is 3. The first-order valence-corrected chi connectivity index (χ1v) is 13.8. The zero-order valence-electron chi connectivity index (χ0n) is 24.2. The van der Waals surface area contributed by atoms with Crippen LogP contribution in [-0.2, 0) is 12.7 Å². The van der Waals surface area contributed by atoms with Crippen molar-refractivity contribution in [3.8, 4) is 23.0 Å². The molecule has 5 rings (SSSR count). The Balaban J connectivity index is 1.39. The molecule has 13 heteroatoms. The number of anilines is 2. The van der Waals surface area contributed by atoms with Gasteiger partial charge in [0.15, 0.2) is 5.82 Å². The summed E-state index contributed by atoms with van der Waals surface area (Å²) in [6.45, 7) is 3.49. The van der Waals surface area contributed by atoms with Gasteiger partial charge in [-0.1, -0.05) is 6.07 Å². The molecule has 3 N–H and O–H groups in total. The first-order chi connectivity index (χ1) is 21.1. The molecule has 10 nitrogen and oxygen atoms in total. The molecule has 2 aromatic heterocycles. The van der Waals surface area contributed by atoms with Crippen molar-refractivity contribution >= 4 is 23.6 Å². The first kappa shape index (κ1) is 30.6. The second-order valence-corrected chi connectivity index (χ2v) is 10.3. The summed E-state index contributed by atoms with van der Waals surface area (Å²) in [4.78, 5) is 30.5. The number of nitrogens with zero attached hydrogens (tertiary/aromatic N) is 5. The Bertz CT molecular complexity index is 1640. The molecule has 0 spiro atoms. The van der Waals surface area contributed by atoms with Crippen LogP contribution in [0.5, 0.6) is 11.6 Å². The van der Waals surface area contributed by atoms with Gasteiger partial charge >= 0.3 is 6.18 Å². The highest BCUT2D eigenvalue weighted by molar-refractivity contribution is 6.04. The number of carbonyl (C=O) groups excluding carboxylic acids is 1. The van der Waals surface area contributed by atoms with Crippen LogP contribution in [0, 0.1) is 5.41 Å². The van der Waals surface area contributed by atoms with Gasteiger partial charge in [0.1, 0.15) is 11.6 Å². The number of aromatic nitrogens is 3. The number of likely N-dealkylation sites (N-methyl/N-ethyl adjacent to an activating group) is 1. The summed E-state index contributed by atoms with van der Waals surface area (Å²) in [5.41, 5.74) is 0.808. The topological polar surface area (TPSA) is 119 Å². The van der Waals surface area contributed by atoms with E-state index in [0.717, 1.165) is 44.5 Å². The molecule has 0 radical (unpaired) electrons. The van der Waals surface area contributed by atoms with E-state index in [-0.39, 0.29) is 28.4 Å². The molecule has 0 aliphatic carbocycles. The fourth-order valence-electron chi connectivity index (χ4n) is 4.78. The van der Waals surface area contributed by atoms with Crippen molar-refractivity contribution in [1.82, 2.24) is 24.8 Å².